The van der Waals surface area contributed by atoms with E-state index in [1.807, 2.05) is 36.8 Å². The van der Waals surface area contributed by atoms with Gasteiger partial charge in [-0.25, -0.2) is 0 Å². The molecule has 0 bridgehead atoms. The lowest BCUT2D eigenvalue weighted by Crippen LogP contribution is -2.10. The summed E-state index contributed by atoms with van der Waals surface area (Å²) in [5.41, 5.74) is 10.8. The van der Waals surface area contributed by atoms with Crippen molar-refractivity contribution in [2.24, 2.45) is 0 Å². The molecule has 2 aromatic heterocycles. The van der Waals surface area contributed by atoms with Crippen LogP contribution in [0.4, 0.5) is 17.1 Å². The molecule has 0 spiro atoms. The van der Waals surface area contributed by atoms with Crippen LogP contribution < -0.4 is 4.90 Å². The first kappa shape index (κ1) is 19.7. The van der Waals surface area contributed by atoms with Crippen molar-refractivity contribution in [3.05, 3.63) is 128 Å². The number of pyridine rings is 2. The fourth-order valence-corrected chi connectivity index (χ4v) is 5.30. The zero-order valence-corrected chi connectivity index (χ0v) is 19.0. The van der Waals surface area contributed by atoms with Gasteiger partial charge in [0.2, 0.25) is 0 Å². The third kappa shape index (κ3) is 3.13. The van der Waals surface area contributed by atoms with Crippen molar-refractivity contribution in [2.75, 3.05) is 4.90 Å². The second-order valence-electron chi connectivity index (χ2n) is 8.74. The molecule has 0 radical (unpaired) electrons. The Morgan fingerprint density at radius 2 is 1.17 bits per heavy atom. The highest BCUT2D eigenvalue weighted by atomic mass is 15.1. The predicted molar refractivity (Wildman–Crippen MR) is 144 cm³/mol. The van der Waals surface area contributed by atoms with E-state index in [4.69, 9.17) is 0 Å². The topological polar surface area (TPSA) is 29.0 Å². The molecule has 0 N–H and O–H groups in total. The van der Waals surface area contributed by atoms with Crippen LogP contribution in [0.15, 0.2) is 128 Å². The third-order valence-corrected chi connectivity index (χ3v) is 6.79. The van der Waals surface area contributed by atoms with Gasteiger partial charge >= 0.3 is 0 Å². The molecule has 3 nitrogen and oxygen atoms in total. The minimum atomic E-state index is 1.01. The van der Waals surface area contributed by atoms with E-state index >= 15 is 0 Å². The molecular weight excluding hydrogens is 426 g/mol. The van der Waals surface area contributed by atoms with Gasteiger partial charge < -0.3 is 4.90 Å². The van der Waals surface area contributed by atoms with Crippen LogP contribution in [0.1, 0.15) is 0 Å². The van der Waals surface area contributed by atoms with E-state index in [0.717, 1.165) is 17.1 Å². The average molecular weight is 448 g/mol. The summed E-state index contributed by atoms with van der Waals surface area (Å²) in [6, 6.07) is 36.7. The Bertz CT molecular complexity index is 1620. The standard InChI is InChI=1S/C32H21N3/c1-2-10-28-27(9-1)30-12-4-11-29-26(13-14-31(28)32(29)30)22-6-3-7-24(20-22)35(23-15-18-33-19-16-23)25-8-5-17-34-21-25/h1-21H. The van der Waals surface area contributed by atoms with Gasteiger partial charge in [-0.3, -0.25) is 9.97 Å². The summed E-state index contributed by atoms with van der Waals surface area (Å²) >= 11 is 0. The fraction of sp³-hybridized carbons (Fsp3) is 0. The molecule has 0 amide bonds. The van der Waals surface area contributed by atoms with E-state index in [1.54, 1.807) is 6.20 Å². The van der Waals surface area contributed by atoms with Gasteiger partial charge in [-0.05, 0) is 80.6 Å². The van der Waals surface area contributed by atoms with E-state index in [2.05, 4.69) is 99.8 Å². The van der Waals surface area contributed by atoms with Gasteiger partial charge in [0.15, 0.2) is 0 Å². The van der Waals surface area contributed by atoms with Crippen molar-refractivity contribution in [1.29, 1.82) is 0 Å². The highest BCUT2D eigenvalue weighted by Crippen LogP contribution is 2.49. The Morgan fingerprint density at radius 1 is 0.457 bits per heavy atom. The van der Waals surface area contributed by atoms with E-state index in [-0.39, 0.29) is 0 Å². The second kappa shape index (κ2) is 7.93. The molecule has 0 unspecified atom stereocenters. The quantitative estimate of drug-likeness (QED) is 0.271. The summed E-state index contributed by atoms with van der Waals surface area (Å²) in [5.74, 6) is 0. The first-order valence-corrected chi connectivity index (χ1v) is 11.7. The highest BCUT2D eigenvalue weighted by molar-refractivity contribution is 6.18. The number of aromatic nitrogens is 2. The van der Waals surface area contributed by atoms with Gasteiger partial charge in [-0.1, -0.05) is 66.7 Å². The van der Waals surface area contributed by atoms with Crippen LogP contribution in [0.5, 0.6) is 0 Å². The van der Waals surface area contributed by atoms with Crippen LogP contribution in [0.3, 0.4) is 0 Å². The Hall–Kier alpha value is -4.76. The number of nitrogens with zero attached hydrogens (tertiary/aromatic N) is 3. The van der Waals surface area contributed by atoms with Crippen molar-refractivity contribution in [1.82, 2.24) is 9.97 Å². The van der Waals surface area contributed by atoms with Crippen molar-refractivity contribution in [3.8, 4) is 33.4 Å². The van der Waals surface area contributed by atoms with Crippen LogP contribution in [-0.4, -0.2) is 9.97 Å². The average Bonchev–Trinajstić information content (AvgIpc) is 3.26. The van der Waals surface area contributed by atoms with Crippen molar-refractivity contribution < 1.29 is 0 Å². The third-order valence-electron chi connectivity index (χ3n) is 6.79. The van der Waals surface area contributed by atoms with Gasteiger partial charge in [0, 0.05) is 30.0 Å². The SMILES string of the molecule is c1cncc(N(c2ccncc2)c2cccc(-c3ccc4c5c(cccc35)-c3ccccc3-4)c2)c1. The molecule has 0 aliphatic heterocycles. The summed E-state index contributed by atoms with van der Waals surface area (Å²) in [7, 11) is 0. The predicted octanol–water partition coefficient (Wildman–Crippen LogP) is 8.41. The normalized spacial score (nSPS) is 11.4. The largest absolute Gasteiger partial charge is 0.309 e. The molecule has 4 aromatic carbocycles. The van der Waals surface area contributed by atoms with Crippen LogP contribution in [0.2, 0.25) is 0 Å². The number of hydrogen-bond donors (Lipinski definition) is 0. The lowest BCUT2D eigenvalue weighted by atomic mass is 9.94. The van der Waals surface area contributed by atoms with Gasteiger partial charge in [0.1, 0.15) is 0 Å². The molecule has 3 heteroatoms. The Balaban J connectivity index is 1.41. The summed E-state index contributed by atoms with van der Waals surface area (Å²) in [5, 5.41) is 2.63. The van der Waals surface area contributed by atoms with Crippen molar-refractivity contribution in [3.63, 3.8) is 0 Å². The maximum Gasteiger partial charge on any atom is 0.0644 e. The summed E-state index contributed by atoms with van der Waals surface area (Å²) in [6.07, 6.45) is 7.34. The lowest BCUT2D eigenvalue weighted by Gasteiger charge is -2.25. The maximum absolute atomic E-state index is 4.37. The fourth-order valence-electron chi connectivity index (χ4n) is 5.30. The Kier molecular flexibility index (Phi) is 4.46. The first-order chi connectivity index (χ1) is 17.4. The number of fused-ring (bicyclic) bond motifs is 3. The maximum atomic E-state index is 4.37. The van der Waals surface area contributed by atoms with Gasteiger partial charge in [0.05, 0.1) is 11.9 Å². The molecule has 2 heterocycles. The molecule has 0 saturated heterocycles. The molecule has 35 heavy (non-hydrogen) atoms. The molecule has 0 fully saturated rings. The van der Waals surface area contributed by atoms with Crippen LogP contribution in [0, 0.1) is 0 Å². The van der Waals surface area contributed by atoms with E-state index in [1.165, 1.54) is 44.2 Å². The summed E-state index contributed by atoms with van der Waals surface area (Å²) in [6.45, 7) is 0. The van der Waals surface area contributed by atoms with Crippen LogP contribution in [-0.2, 0) is 0 Å². The number of benzene rings is 4. The van der Waals surface area contributed by atoms with Gasteiger partial charge in [-0.15, -0.1) is 0 Å². The number of rotatable bonds is 4. The molecule has 0 atom stereocenters. The van der Waals surface area contributed by atoms with Gasteiger partial charge in [0.25, 0.3) is 0 Å². The number of anilines is 3. The van der Waals surface area contributed by atoms with Crippen LogP contribution >= 0.6 is 0 Å². The van der Waals surface area contributed by atoms with Crippen molar-refractivity contribution >= 4 is 27.8 Å². The molecule has 1 aliphatic carbocycles. The molecule has 164 valence electrons. The Labute approximate surface area is 204 Å². The molecule has 6 aromatic rings. The first-order valence-electron chi connectivity index (χ1n) is 11.7. The van der Waals surface area contributed by atoms with E-state index in [9.17, 15) is 0 Å². The molecule has 7 rings (SSSR count). The minimum absolute atomic E-state index is 1.01. The zero-order chi connectivity index (χ0) is 23.2. The molecule has 1 aliphatic rings. The smallest absolute Gasteiger partial charge is 0.0644 e. The highest BCUT2D eigenvalue weighted by Gasteiger charge is 2.22. The molecule has 0 saturated carbocycles. The van der Waals surface area contributed by atoms with Crippen LogP contribution in [0.25, 0.3) is 44.2 Å². The Morgan fingerprint density at radius 3 is 1.97 bits per heavy atom. The summed E-state index contributed by atoms with van der Waals surface area (Å²) < 4.78 is 0. The second-order valence-corrected chi connectivity index (χ2v) is 8.74. The summed E-state index contributed by atoms with van der Waals surface area (Å²) in [4.78, 5) is 10.8. The zero-order valence-electron chi connectivity index (χ0n) is 19.0. The number of hydrogen-bond acceptors (Lipinski definition) is 3. The monoisotopic (exact) mass is 447 g/mol. The molecular formula is C32H21N3. The van der Waals surface area contributed by atoms with E-state index in [0.29, 0.717) is 0 Å². The van der Waals surface area contributed by atoms with Gasteiger partial charge in [-0.2, -0.15) is 0 Å². The lowest BCUT2D eigenvalue weighted by molar-refractivity contribution is 1.21. The van der Waals surface area contributed by atoms with Crippen molar-refractivity contribution in [2.45, 2.75) is 0 Å². The van der Waals surface area contributed by atoms with E-state index < -0.39 is 0 Å². The minimum Gasteiger partial charge on any atom is -0.309 e.